The van der Waals surface area contributed by atoms with Gasteiger partial charge in [-0.1, -0.05) is 31.2 Å². The molecule has 1 heterocycles. The van der Waals surface area contributed by atoms with Crippen molar-refractivity contribution in [3.63, 3.8) is 0 Å². The number of nitrogens with zero attached hydrogens (tertiary/aromatic N) is 2. The lowest BCUT2D eigenvalue weighted by atomic mass is 9.99. The molecule has 3 rings (SSSR count). The number of carbonyl (C=O) groups excluding carboxylic acids is 2. The number of methoxy groups -OCH3 is 1. The molecule has 0 spiro atoms. The molecule has 32 heavy (non-hydrogen) atoms. The molecule has 0 aliphatic heterocycles. The molecule has 3 aromatic rings. The fraction of sp³-hybridized carbons (Fsp3) is 0.240. The molecule has 0 N–H and O–H groups in total. The van der Waals surface area contributed by atoms with Crippen molar-refractivity contribution in [3.8, 4) is 17.0 Å². The fourth-order valence-electron chi connectivity index (χ4n) is 3.32. The summed E-state index contributed by atoms with van der Waals surface area (Å²) < 4.78 is 34.3. The number of ketones is 1. The van der Waals surface area contributed by atoms with Crippen LogP contribution in [0.4, 0.5) is 14.5 Å². The molecular weight excluding hydrogens is 414 g/mol. The van der Waals surface area contributed by atoms with Crippen LogP contribution in [0.15, 0.2) is 54.7 Å². The molecule has 0 bridgehead atoms. The third-order valence-corrected chi connectivity index (χ3v) is 5.24. The average Bonchev–Trinajstić information content (AvgIpc) is 2.81. The van der Waals surface area contributed by atoms with E-state index in [1.165, 1.54) is 49.4 Å². The van der Waals surface area contributed by atoms with E-state index in [0.29, 0.717) is 17.9 Å². The third-order valence-electron chi connectivity index (χ3n) is 5.24. The number of carbonyl (C=O) groups is 2. The molecule has 0 saturated heterocycles. The first kappa shape index (κ1) is 23.1. The molecule has 0 saturated carbocycles. The lowest BCUT2D eigenvalue weighted by Crippen LogP contribution is -2.25. The van der Waals surface area contributed by atoms with Gasteiger partial charge in [0.1, 0.15) is 11.6 Å². The van der Waals surface area contributed by atoms with Gasteiger partial charge in [-0.3, -0.25) is 9.59 Å². The SMILES string of the molecule is CCC(=O)N(C)c1ccc(-c2ccc(C(=O)CCc3ccc(OC)nc3)cc2F)cc1F. The van der Waals surface area contributed by atoms with Crippen molar-refractivity contribution < 1.29 is 23.1 Å². The van der Waals surface area contributed by atoms with Gasteiger partial charge < -0.3 is 9.64 Å². The molecule has 1 amide bonds. The highest BCUT2D eigenvalue weighted by atomic mass is 19.1. The summed E-state index contributed by atoms with van der Waals surface area (Å²) in [6.07, 6.45) is 2.56. The van der Waals surface area contributed by atoms with E-state index in [2.05, 4.69) is 4.98 Å². The average molecular weight is 438 g/mol. The van der Waals surface area contributed by atoms with Gasteiger partial charge in [0.2, 0.25) is 11.8 Å². The summed E-state index contributed by atoms with van der Waals surface area (Å²) in [5.41, 5.74) is 1.75. The van der Waals surface area contributed by atoms with Crippen molar-refractivity contribution in [1.82, 2.24) is 4.98 Å². The van der Waals surface area contributed by atoms with Gasteiger partial charge in [0.15, 0.2) is 5.78 Å². The smallest absolute Gasteiger partial charge is 0.226 e. The van der Waals surface area contributed by atoms with Crippen LogP contribution >= 0.6 is 0 Å². The number of rotatable bonds is 8. The fourth-order valence-corrected chi connectivity index (χ4v) is 3.32. The number of halogens is 2. The predicted molar refractivity (Wildman–Crippen MR) is 119 cm³/mol. The Morgan fingerprint density at radius 2 is 1.81 bits per heavy atom. The van der Waals surface area contributed by atoms with Crippen molar-refractivity contribution in [3.05, 3.63) is 77.5 Å². The summed E-state index contributed by atoms with van der Waals surface area (Å²) in [4.78, 5) is 29.6. The van der Waals surface area contributed by atoms with Gasteiger partial charge >= 0.3 is 0 Å². The Morgan fingerprint density at radius 3 is 2.41 bits per heavy atom. The van der Waals surface area contributed by atoms with Crippen molar-refractivity contribution in [1.29, 1.82) is 0 Å². The summed E-state index contributed by atoms with van der Waals surface area (Å²) >= 11 is 0. The molecule has 5 nitrogen and oxygen atoms in total. The van der Waals surface area contributed by atoms with Crippen LogP contribution < -0.4 is 9.64 Å². The molecule has 0 radical (unpaired) electrons. The molecule has 166 valence electrons. The number of pyridine rings is 1. The molecule has 0 aliphatic rings. The maximum absolute atomic E-state index is 14.8. The number of amides is 1. The van der Waals surface area contributed by atoms with Crippen LogP contribution in [0.2, 0.25) is 0 Å². The summed E-state index contributed by atoms with van der Waals surface area (Å²) in [5.74, 6) is -1.18. The van der Waals surface area contributed by atoms with E-state index in [1.807, 2.05) is 6.07 Å². The van der Waals surface area contributed by atoms with Crippen molar-refractivity contribution in [2.75, 3.05) is 19.1 Å². The second-order valence-electron chi connectivity index (χ2n) is 7.30. The van der Waals surface area contributed by atoms with Gasteiger partial charge in [0.05, 0.1) is 12.8 Å². The van der Waals surface area contributed by atoms with Crippen LogP contribution in [0.1, 0.15) is 35.7 Å². The Bertz CT molecular complexity index is 1130. The van der Waals surface area contributed by atoms with Crippen LogP contribution in [0.3, 0.4) is 0 Å². The van der Waals surface area contributed by atoms with Gasteiger partial charge in [-0.2, -0.15) is 0 Å². The Kier molecular flexibility index (Phi) is 7.30. The third kappa shape index (κ3) is 5.17. The van der Waals surface area contributed by atoms with Crippen molar-refractivity contribution in [2.24, 2.45) is 0 Å². The highest BCUT2D eigenvalue weighted by Crippen LogP contribution is 2.29. The number of ether oxygens (including phenoxy) is 1. The van der Waals surface area contributed by atoms with E-state index in [1.54, 1.807) is 25.3 Å². The zero-order chi connectivity index (χ0) is 23.3. The second kappa shape index (κ2) is 10.1. The van der Waals surface area contributed by atoms with E-state index in [4.69, 9.17) is 4.74 Å². The van der Waals surface area contributed by atoms with E-state index in [0.717, 1.165) is 5.56 Å². The number of benzene rings is 2. The second-order valence-corrected chi connectivity index (χ2v) is 7.30. The summed E-state index contributed by atoms with van der Waals surface area (Å²) in [7, 11) is 3.02. The van der Waals surface area contributed by atoms with Crippen LogP contribution in [-0.2, 0) is 11.2 Å². The largest absolute Gasteiger partial charge is 0.481 e. The number of aromatic nitrogens is 1. The molecule has 0 unspecified atom stereocenters. The van der Waals surface area contributed by atoms with E-state index in [-0.39, 0.29) is 41.3 Å². The van der Waals surface area contributed by atoms with Gasteiger partial charge in [0, 0.05) is 43.3 Å². The molecule has 1 aromatic heterocycles. The van der Waals surface area contributed by atoms with Crippen LogP contribution in [0.25, 0.3) is 11.1 Å². The van der Waals surface area contributed by atoms with Gasteiger partial charge in [0.25, 0.3) is 0 Å². The molecule has 2 aromatic carbocycles. The Labute approximate surface area is 185 Å². The van der Waals surface area contributed by atoms with Crippen LogP contribution in [0, 0.1) is 11.6 Å². The summed E-state index contributed by atoms with van der Waals surface area (Å²) in [5, 5.41) is 0. The molecular formula is C25H24F2N2O3. The summed E-state index contributed by atoms with van der Waals surface area (Å²) in [6, 6.07) is 11.9. The summed E-state index contributed by atoms with van der Waals surface area (Å²) in [6.45, 7) is 1.69. The number of aryl methyl sites for hydroxylation is 1. The first-order valence-corrected chi connectivity index (χ1v) is 10.2. The van der Waals surface area contributed by atoms with Crippen molar-refractivity contribution in [2.45, 2.75) is 26.2 Å². The lowest BCUT2D eigenvalue weighted by Gasteiger charge is -2.18. The molecule has 7 heteroatoms. The maximum Gasteiger partial charge on any atom is 0.226 e. The molecule has 0 aliphatic carbocycles. The number of hydrogen-bond donors (Lipinski definition) is 0. The lowest BCUT2D eigenvalue weighted by molar-refractivity contribution is -0.118. The van der Waals surface area contributed by atoms with E-state index >= 15 is 0 Å². The quantitative estimate of drug-likeness (QED) is 0.452. The van der Waals surface area contributed by atoms with Gasteiger partial charge in [-0.05, 0) is 35.7 Å². The van der Waals surface area contributed by atoms with Gasteiger partial charge in [-0.25, -0.2) is 13.8 Å². The van der Waals surface area contributed by atoms with E-state index in [9.17, 15) is 18.4 Å². The first-order valence-electron chi connectivity index (χ1n) is 10.2. The highest BCUT2D eigenvalue weighted by Gasteiger charge is 2.16. The topological polar surface area (TPSA) is 59.5 Å². The molecule has 0 atom stereocenters. The zero-order valence-electron chi connectivity index (χ0n) is 18.2. The van der Waals surface area contributed by atoms with Crippen LogP contribution in [0.5, 0.6) is 5.88 Å². The van der Waals surface area contributed by atoms with E-state index < -0.39 is 11.6 Å². The maximum atomic E-state index is 14.8. The Hall–Kier alpha value is -3.61. The zero-order valence-corrected chi connectivity index (χ0v) is 18.2. The van der Waals surface area contributed by atoms with Gasteiger partial charge in [-0.15, -0.1) is 0 Å². The minimum Gasteiger partial charge on any atom is -0.481 e. The minimum atomic E-state index is -0.626. The minimum absolute atomic E-state index is 0.126. The van der Waals surface area contributed by atoms with Crippen LogP contribution in [-0.4, -0.2) is 30.8 Å². The standard InChI is InChI=1S/C25H24F2N2O3/c1-4-25(31)29(2)22-10-8-17(13-21(22)27)19-9-7-18(14-20(19)26)23(30)11-5-16-6-12-24(32-3)28-15-16/h6-10,12-15H,4-5,11H2,1-3H3. The normalized spacial score (nSPS) is 10.7. The highest BCUT2D eigenvalue weighted by molar-refractivity contribution is 5.97. The first-order chi connectivity index (χ1) is 15.3. The number of anilines is 1. The monoisotopic (exact) mass is 438 g/mol. The number of Topliss-reactive ketones (excluding diaryl/α,β-unsaturated/α-hetero) is 1. The number of hydrogen-bond acceptors (Lipinski definition) is 4. The molecule has 0 fully saturated rings. The predicted octanol–water partition coefficient (Wildman–Crippen LogP) is 5.22. The Balaban J connectivity index is 1.73. The van der Waals surface area contributed by atoms with Crippen molar-refractivity contribution >= 4 is 17.4 Å². The Morgan fingerprint density at radius 1 is 1.03 bits per heavy atom.